The maximum absolute atomic E-state index is 11.6. The molecule has 0 bridgehead atoms. The van der Waals surface area contributed by atoms with Crippen LogP contribution in [0.15, 0.2) is 12.4 Å². The third-order valence-corrected chi connectivity index (χ3v) is 2.26. The number of hydrogen-bond donors (Lipinski definition) is 2. The van der Waals surface area contributed by atoms with Crippen molar-refractivity contribution in [1.29, 1.82) is 0 Å². The van der Waals surface area contributed by atoms with Crippen molar-refractivity contribution in [3.8, 4) is 0 Å². The van der Waals surface area contributed by atoms with E-state index in [-0.39, 0.29) is 18.1 Å². The summed E-state index contributed by atoms with van der Waals surface area (Å²) in [6.07, 6.45) is 4.84. The van der Waals surface area contributed by atoms with Gasteiger partial charge in [0.25, 0.3) is 5.91 Å². The number of carbonyl (C=O) groups excluding carboxylic acids is 1. The monoisotopic (exact) mass is 195 g/mol. The van der Waals surface area contributed by atoms with Crippen molar-refractivity contribution < 1.29 is 9.53 Å². The molecule has 2 atom stereocenters. The molecule has 1 aliphatic heterocycles. The molecule has 5 nitrogen and oxygen atoms in total. The summed E-state index contributed by atoms with van der Waals surface area (Å²) >= 11 is 0. The van der Waals surface area contributed by atoms with E-state index in [0.29, 0.717) is 5.95 Å². The summed E-state index contributed by atoms with van der Waals surface area (Å²) in [5.41, 5.74) is 0. The summed E-state index contributed by atoms with van der Waals surface area (Å²) in [6.45, 7) is 1.97. The predicted molar refractivity (Wildman–Crippen MR) is 50.8 cm³/mol. The second-order valence-corrected chi connectivity index (χ2v) is 3.44. The van der Waals surface area contributed by atoms with Gasteiger partial charge in [-0.25, -0.2) is 4.98 Å². The molecule has 2 rings (SSSR count). The van der Waals surface area contributed by atoms with Gasteiger partial charge in [0.15, 0.2) is 0 Å². The first-order chi connectivity index (χ1) is 6.75. The number of aromatic nitrogens is 2. The van der Waals surface area contributed by atoms with Crippen molar-refractivity contribution in [2.24, 2.45) is 0 Å². The fourth-order valence-electron chi connectivity index (χ4n) is 1.53. The molecule has 0 aliphatic carbocycles. The summed E-state index contributed by atoms with van der Waals surface area (Å²) in [7, 11) is 0. The molecule has 76 valence electrons. The van der Waals surface area contributed by atoms with Crippen LogP contribution in [0.5, 0.6) is 0 Å². The lowest BCUT2D eigenvalue weighted by molar-refractivity contribution is -0.126. The van der Waals surface area contributed by atoms with Crippen LogP contribution in [-0.2, 0) is 9.53 Å². The van der Waals surface area contributed by atoms with Gasteiger partial charge in [-0.3, -0.25) is 10.1 Å². The number of rotatable bonds is 2. The number of aromatic amines is 1. The molecule has 2 unspecified atom stereocenters. The Balaban J connectivity index is 1.90. The molecule has 0 saturated carbocycles. The van der Waals surface area contributed by atoms with Crippen LogP contribution in [0.4, 0.5) is 5.95 Å². The van der Waals surface area contributed by atoms with Crippen LogP contribution >= 0.6 is 0 Å². The number of hydrogen-bond acceptors (Lipinski definition) is 3. The Morgan fingerprint density at radius 3 is 3.14 bits per heavy atom. The second kappa shape index (κ2) is 3.79. The number of amides is 1. The number of nitrogens with zero attached hydrogens (tertiary/aromatic N) is 1. The maximum Gasteiger partial charge on any atom is 0.255 e. The van der Waals surface area contributed by atoms with Crippen molar-refractivity contribution >= 4 is 11.9 Å². The Bertz CT molecular complexity index is 310. The van der Waals surface area contributed by atoms with Crippen LogP contribution in [0.2, 0.25) is 0 Å². The first kappa shape index (κ1) is 9.21. The highest BCUT2D eigenvalue weighted by Gasteiger charge is 2.28. The highest BCUT2D eigenvalue weighted by atomic mass is 16.5. The van der Waals surface area contributed by atoms with E-state index in [2.05, 4.69) is 15.3 Å². The largest absolute Gasteiger partial charge is 0.365 e. The zero-order valence-corrected chi connectivity index (χ0v) is 7.99. The Morgan fingerprint density at radius 1 is 1.71 bits per heavy atom. The fourth-order valence-corrected chi connectivity index (χ4v) is 1.53. The smallest absolute Gasteiger partial charge is 0.255 e. The molecule has 1 aromatic rings. The van der Waals surface area contributed by atoms with Crippen molar-refractivity contribution in [3.63, 3.8) is 0 Å². The summed E-state index contributed by atoms with van der Waals surface area (Å²) in [5.74, 6) is 0.349. The van der Waals surface area contributed by atoms with Gasteiger partial charge in [-0.2, -0.15) is 0 Å². The van der Waals surface area contributed by atoms with Gasteiger partial charge in [-0.1, -0.05) is 0 Å². The lowest BCUT2D eigenvalue weighted by atomic mass is 10.2. The first-order valence-electron chi connectivity index (χ1n) is 4.71. The quantitative estimate of drug-likeness (QED) is 0.737. The lowest BCUT2D eigenvalue weighted by Gasteiger charge is -2.09. The average molecular weight is 195 g/mol. The third-order valence-electron chi connectivity index (χ3n) is 2.26. The molecule has 0 aromatic carbocycles. The van der Waals surface area contributed by atoms with E-state index in [4.69, 9.17) is 4.74 Å². The van der Waals surface area contributed by atoms with Crippen LogP contribution < -0.4 is 5.32 Å². The molecular weight excluding hydrogens is 182 g/mol. The fraction of sp³-hybridized carbons (Fsp3) is 0.556. The second-order valence-electron chi connectivity index (χ2n) is 3.44. The zero-order chi connectivity index (χ0) is 9.97. The van der Waals surface area contributed by atoms with E-state index in [9.17, 15) is 4.79 Å². The van der Waals surface area contributed by atoms with E-state index < -0.39 is 0 Å². The minimum absolute atomic E-state index is 0.121. The zero-order valence-electron chi connectivity index (χ0n) is 7.99. The maximum atomic E-state index is 11.6. The molecule has 5 heteroatoms. The molecule has 2 N–H and O–H groups in total. The molecule has 0 spiro atoms. The molecule has 1 aromatic heterocycles. The summed E-state index contributed by atoms with van der Waals surface area (Å²) in [4.78, 5) is 18.3. The van der Waals surface area contributed by atoms with Gasteiger partial charge in [-0.15, -0.1) is 0 Å². The van der Waals surface area contributed by atoms with Gasteiger partial charge in [0, 0.05) is 12.4 Å². The molecule has 0 radical (unpaired) electrons. The average Bonchev–Trinajstić information content (AvgIpc) is 2.75. The Labute approximate surface area is 81.9 Å². The van der Waals surface area contributed by atoms with E-state index in [1.807, 2.05) is 6.92 Å². The predicted octanol–water partition coefficient (Wildman–Crippen LogP) is 0.916. The van der Waals surface area contributed by atoms with Gasteiger partial charge in [0.05, 0.1) is 6.10 Å². The van der Waals surface area contributed by atoms with Crippen LogP contribution in [0, 0.1) is 0 Å². The van der Waals surface area contributed by atoms with Crippen LogP contribution in [0.3, 0.4) is 0 Å². The molecule has 1 amide bonds. The number of ether oxygens (including phenoxy) is 1. The third kappa shape index (κ3) is 1.93. The van der Waals surface area contributed by atoms with Gasteiger partial charge in [0.2, 0.25) is 5.95 Å². The molecule has 1 fully saturated rings. The molecule has 2 heterocycles. The van der Waals surface area contributed by atoms with E-state index in [1.165, 1.54) is 0 Å². The van der Waals surface area contributed by atoms with E-state index >= 15 is 0 Å². The summed E-state index contributed by atoms with van der Waals surface area (Å²) in [6, 6.07) is 0. The highest BCUT2D eigenvalue weighted by Crippen LogP contribution is 2.19. The molecular formula is C9H13N3O2. The Morgan fingerprint density at radius 2 is 2.57 bits per heavy atom. The SMILES string of the molecule is CC1CCC(C(=O)Nc2ncc[nH]2)O1. The minimum Gasteiger partial charge on any atom is -0.365 e. The Kier molecular flexibility index (Phi) is 2.49. The first-order valence-corrected chi connectivity index (χ1v) is 4.71. The summed E-state index contributed by atoms with van der Waals surface area (Å²) in [5, 5.41) is 2.65. The van der Waals surface area contributed by atoms with E-state index in [1.54, 1.807) is 12.4 Å². The van der Waals surface area contributed by atoms with Crippen molar-refractivity contribution in [1.82, 2.24) is 9.97 Å². The van der Waals surface area contributed by atoms with Crippen molar-refractivity contribution in [2.75, 3.05) is 5.32 Å². The number of carbonyl (C=O) groups is 1. The minimum atomic E-state index is -0.324. The standard InChI is InChI=1S/C9H13N3O2/c1-6-2-3-7(14-6)8(13)12-9-10-4-5-11-9/h4-7H,2-3H2,1H3,(H2,10,11,12,13). The van der Waals surface area contributed by atoms with E-state index in [0.717, 1.165) is 12.8 Å². The van der Waals surface area contributed by atoms with Crippen molar-refractivity contribution in [3.05, 3.63) is 12.4 Å². The van der Waals surface area contributed by atoms with Gasteiger partial charge in [-0.05, 0) is 19.8 Å². The number of anilines is 1. The van der Waals surface area contributed by atoms with Gasteiger partial charge >= 0.3 is 0 Å². The summed E-state index contributed by atoms with van der Waals surface area (Å²) < 4.78 is 5.42. The van der Waals surface area contributed by atoms with Gasteiger partial charge < -0.3 is 9.72 Å². The van der Waals surface area contributed by atoms with Crippen LogP contribution in [-0.4, -0.2) is 28.1 Å². The number of imidazole rings is 1. The lowest BCUT2D eigenvalue weighted by Crippen LogP contribution is -2.28. The number of H-pyrrole nitrogens is 1. The van der Waals surface area contributed by atoms with Crippen LogP contribution in [0.25, 0.3) is 0 Å². The topological polar surface area (TPSA) is 67.0 Å². The van der Waals surface area contributed by atoms with Gasteiger partial charge in [0.1, 0.15) is 6.10 Å². The highest BCUT2D eigenvalue weighted by molar-refractivity contribution is 5.92. The normalized spacial score (nSPS) is 26.4. The number of nitrogens with one attached hydrogen (secondary N) is 2. The Hall–Kier alpha value is -1.36. The van der Waals surface area contributed by atoms with Crippen molar-refractivity contribution in [2.45, 2.75) is 32.0 Å². The molecule has 1 saturated heterocycles. The molecule has 1 aliphatic rings. The molecule has 14 heavy (non-hydrogen) atoms. The van der Waals surface area contributed by atoms with Crippen LogP contribution in [0.1, 0.15) is 19.8 Å².